The number of carbonyl (C=O) groups is 1. The topological polar surface area (TPSA) is 91.0 Å². The standard InChI is InChI=1S/C15H24N4O2/c1-10(2)13(9-19(3)4)17-15(20)12-7-5-6-11(8-12)14(16)18-21/h5-8,10,13,21H,9H2,1-4H3,(H2,16,18)(H,17,20). The summed E-state index contributed by atoms with van der Waals surface area (Å²) in [6.07, 6.45) is 0. The maximum atomic E-state index is 12.3. The molecule has 0 aliphatic heterocycles. The predicted octanol–water partition coefficient (Wildman–Crippen LogP) is 1.10. The van der Waals surface area contributed by atoms with E-state index in [0.29, 0.717) is 17.0 Å². The number of amides is 1. The molecule has 0 saturated heterocycles. The first-order chi connectivity index (χ1) is 9.85. The molecule has 0 fully saturated rings. The Morgan fingerprint density at radius 2 is 2.00 bits per heavy atom. The van der Waals surface area contributed by atoms with Gasteiger partial charge in [0, 0.05) is 23.7 Å². The first-order valence-corrected chi connectivity index (χ1v) is 6.88. The number of rotatable bonds is 6. The van der Waals surface area contributed by atoms with Gasteiger partial charge >= 0.3 is 0 Å². The van der Waals surface area contributed by atoms with Crippen LogP contribution in [0.15, 0.2) is 29.4 Å². The van der Waals surface area contributed by atoms with Crippen molar-refractivity contribution in [2.75, 3.05) is 20.6 Å². The van der Waals surface area contributed by atoms with Gasteiger partial charge in [-0.1, -0.05) is 31.1 Å². The Bertz CT molecular complexity index is 512. The highest BCUT2D eigenvalue weighted by atomic mass is 16.4. The van der Waals surface area contributed by atoms with Crippen LogP contribution in [0.2, 0.25) is 0 Å². The third kappa shape index (κ3) is 5.07. The second kappa shape index (κ2) is 7.64. The van der Waals surface area contributed by atoms with Crippen molar-refractivity contribution in [2.45, 2.75) is 19.9 Å². The van der Waals surface area contributed by atoms with Crippen LogP contribution in [0.3, 0.4) is 0 Å². The molecule has 0 bridgehead atoms. The fraction of sp³-hybridized carbons (Fsp3) is 0.467. The fourth-order valence-electron chi connectivity index (χ4n) is 1.95. The van der Waals surface area contributed by atoms with Crippen molar-refractivity contribution >= 4 is 11.7 Å². The van der Waals surface area contributed by atoms with Crippen LogP contribution in [-0.4, -0.2) is 48.5 Å². The number of hydrogen-bond donors (Lipinski definition) is 3. The zero-order chi connectivity index (χ0) is 16.0. The summed E-state index contributed by atoms with van der Waals surface area (Å²) in [6.45, 7) is 4.91. The molecule has 1 aromatic rings. The number of carbonyl (C=O) groups excluding carboxylic acids is 1. The molecule has 0 aliphatic rings. The average molecular weight is 292 g/mol. The quantitative estimate of drug-likeness (QED) is 0.317. The van der Waals surface area contributed by atoms with Crippen LogP contribution in [0.1, 0.15) is 29.8 Å². The maximum Gasteiger partial charge on any atom is 0.251 e. The summed E-state index contributed by atoms with van der Waals surface area (Å²) in [5.41, 5.74) is 6.54. The predicted molar refractivity (Wildman–Crippen MR) is 83.6 cm³/mol. The zero-order valence-electron chi connectivity index (χ0n) is 13.0. The lowest BCUT2D eigenvalue weighted by molar-refractivity contribution is 0.0916. The van der Waals surface area contributed by atoms with E-state index >= 15 is 0 Å². The molecule has 0 aromatic heterocycles. The summed E-state index contributed by atoms with van der Waals surface area (Å²) in [4.78, 5) is 14.4. The number of hydrogen-bond acceptors (Lipinski definition) is 4. The first kappa shape index (κ1) is 17.0. The maximum absolute atomic E-state index is 12.3. The van der Waals surface area contributed by atoms with Crippen molar-refractivity contribution in [1.29, 1.82) is 0 Å². The van der Waals surface area contributed by atoms with Crippen molar-refractivity contribution in [3.05, 3.63) is 35.4 Å². The van der Waals surface area contributed by atoms with Crippen LogP contribution in [0.5, 0.6) is 0 Å². The number of nitrogens with one attached hydrogen (secondary N) is 1. The van der Waals surface area contributed by atoms with Gasteiger partial charge in [0.1, 0.15) is 0 Å². The molecule has 1 unspecified atom stereocenters. The van der Waals surface area contributed by atoms with E-state index in [9.17, 15) is 4.79 Å². The smallest absolute Gasteiger partial charge is 0.251 e. The van der Waals surface area contributed by atoms with E-state index in [1.54, 1.807) is 24.3 Å². The minimum atomic E-state index is -0.164. The van der Waals surface area contributed by atoms with Gasteiger partial charge in [-0.2, -0.15) is 0 Å². The molecule has 1 amide bonds. The van der Waals surface area contributed by atoms with Crippen LogP contribution >= 0.6 is 0 Å². The second-order valence-corrected chi connectivity index (χ2v) is 5.65. The molecule has 1 aromatic carbocycles. The number of likely N-dealkylation sites (N-methyl/N-ethyl adjacent to an activating group) is 1. The monoisotopic (exact) mass is 292 g/mol. The van der Waals surface area contributed by atoms with Crippen LogP contribution in [0.4, 0.5) is 0 Å². The lowest BCUT2D eigenvalue weighted by Gasteiger charge is -2.25. The average Bonchev–Trinajstić information content (AvgIpc) is 2.45. The van der Waals surface area contributed by atoms with Crippen LogP contribution in [0, 0.1) is 5.92 Å². The highest BCUT2D eigenvalue weighted by molar-refractivity contribution is 6.01. The molecule has 0 saturated carbocycles. The van der Waals surface area contributed by atoms with Crippen LogP contribution < -0.4 is 11.1 Å². The zero-order valence-corrected chi connectivity index (χ0v) is 13.0. The summed E-state index contributed by atoms with van der Waals surface area (Å²) in [5, 5.41) is 14.7. The molecular weight excluding hydrogens is 268 g/mol. The number of amidine groups is 1. The summed E-state index contributed by atoms with van der Waals surface area (Å²) >= 11 is 0. The van der Waals surface area contributed by atoms with E-state index in [-0.39, 0.29) is 17.8 Å². The van der Waals surface area contributed by atoms with Gasteiger partial charge in [0.25, 0.3) is 5.91 Å². The normalized spacial score (nSPS) is 13.5. The third-order valence-corrected chi connectivity index (χ3v) is 3.21. The molecule has 116 valence electrons. The molecule has 4 N–H and O–H groups in total. The van der Waals surface area contributed by atoms with E-state index in [4.69, 9.17) is 10.9 Å². The van der Waals surface area contributed by atoms with Gasteiger partial charge in [-0.15, -0.1) is 0 Å². The Morgan fingerprint density at radius 1 is 1.38 bits per heavy atom. The number of nitrogens with two attached hydrogens (primary N) is 1. The molecule has 1 rings (SSSR count). The SMILES string of the molecule is CC(C)C(CN(C)C)NC(=O)c1cccc(C(N)=NO)c1. The molecule has 0 radical (unpaired) electrons. The lowest BCUT2D eigenvalue weighted by atomic mass is 10.0. The largest absolute Gasteiger partial charge is 0.409 e. The van der Waals surface area contributed by atoms with Crippen molar-refractivity contribution in [2.24, 2.45) is 16.8 Å². The van der Waals surface area contributed by atoms with Gasteiger partial charge in [-0.3, -0.25) is 4.79 Å². The summed E-state index contributed by atoms with van der Waals surface area (Å²) in [6, 6.07) is 6.76. The number of oxime groups is 1. The van der Waals surface area contributed by atoms with Crippen molar-refractivity contribution in [3.63, 3.8) is 0 Å². The van der Waals surface area contributed by atoms with Crippen molar-refractivity contribution in [3.8, 4) is 0 Å². The van der Waals surface area contributed by atoms with Crippen LogP contribution in [0.25, 0.3) is 0 Å². The van der Waals surface area contributed by atoms with E-state index in [2.05, 4.69) is 24.3 Å². The number of benzene rings is 1. The highest BCUT2D eigenvalue weighted by Gasteiger charge is 2.18. The van der Waals surface area contributed by atoms with E-state index in [0.717, 1.165) is 6.54 Å². The van der Waals surface area contributed by atoms with Crippen LogP contribution in [-0.2, 0) is 0 Å². The lowest BCUT2D eigenvalue weighted by Crippen LogP contribution is -2.45. The Morgan fingerprint density at radius 3 is 2.52 bits per heavy atom. The van der Waals surface area contributed by atoms with E-state index in [1.807, 2.05) is 19.0 Å². The Hall–Kier alpha value is -2.08. The molecule has 0 spiro atoms. The molecule has 21 heavy (non-hydrogen) atoms. The Balaban J connectivity index is 2.87. The third-order valence-electron chi connectivity index (χ3n) is 3.21. The van der Waals surface area contributed by atoms with Gasteiger partial charge in [0.05, 0.1) is 0 Å². The molecular formula is C15H24N4O2. The fourth-order valence-corrected chi connectivity index (χ4v) is 1.95. The van der Waals surface area contributed by atoms with Gasteiger partial charge < -0.3 is 21.2 Å². The van der Waals surface area contributed by atoms with Crippen molar-refractivity contribution in [1.82, 2.24) is 10.2 Å². The van der Waals surface area contributed by atoms with Gasteiger partial charge in [-0.25, -0.2) is 0 Å². The summed E-state index contributed by atoms with van der Waals surface area (Å²) < 4.78 is 0. The summed E-state index contributed by atoms with van der Waals surface area (Å²) in [5.74, 6) is 0.144. The van der Waals surface area contributed by atoms with E-state index < -0.39 is 0 Å². The van der Waals surface area contributed by atoms with Crippen molar-refractivity contribution < 1.29 is 10.0 Å². The highest BCUT2D eigenvalue weighted by Crippen LogP contribution is 2.08. The molecule has 6 nitrogen and oxygen atoms in total. The van der Waals surface area contributed by atoms with Gasteiger partial charge in [0.2, 0.25) is 0 Å². The second-order valence-electron chi connectivity index (χ2n) is 5.65. The summed E-state index contributed by atoms with van der Waals surface area (Å²) in [7, 11) is 3.95. The van der Waals surface area contributed by atoms with E-state index in [1.165, 1.54) is 0 Å². The first-order valence-electron chi connectivity index (χ1n) is 6.88. The molecule has 6 heteroatoms. The minimum Gasteiger partial charge on any atom is -0.409 e. The van der Waals surface area contributed by atoms with Gasteiger partial charge in [0.15, 0.2) is 5.84 Å². The molecule has 0 aliphatic carbocycles. The minimum absolute atomic E-state index is 0.0154. The number of nitrogens with zero attached hydrogens (tertiary/aromatic N) is 2. The Labute approximate surface area is 125 Å². The molecule has 1 atom stereocenters. The Kier molecular flexibility index (Phi) is 6.17. The molecule has 0 heterocycles. The van der Waals surface area contributed by atoms with Gasteiger partial charge in [-0.05, 0) is 32.1 Å².